The van der Waals surface area contributed by atoms with Crippen LogP contribution in [-0.4, -0.2) is 27.2 Å². The Morgan fingerprint density at radius 3 is 2.57 bits per heavy atom. The number of hydrogen-bond donors (Lipinski definition) is 0. The lowest BCUT2D eigenvalue weighted by Crippen LogP contribution is -2.27. The number of carbonyl (C=O) groups is 2. The molecule has 2 heterocycles. The van der Waals surface area contributed by atoms with Crippen LogP contribution in [0.1, 0.15) is 23.7 Å². The van der Waals surface area contributed by atoms with Crippen molar-refractivity contribution >= 4 is 29.0 Å². The quantitative estimate of drug-likeness (QED) is 0.796. The maximum absolute atomic E-state index is 12.2. The Hall–Kier alpha value is -2.27. The highest BCUT2D eigenvalue weighted by molar-refractivity contribution is 8.18. The molecule has 1 saturated heterocycles. The van der Waals surface area contributed by atoms with Crippen molar-refractivity contribution in [3.63, 3.8) is 0 Å². The number of hydrogen-bond acceptors (Lipinski definition) is 3. The third-order valence-corrected chi connectivity index (χ3v) is 4.93. The van der Waals surface area contributed by atoms with Crippen molar-refractivity contribution in [3.8, 4) is 5.69 Å². The summed E-state index contributed by atoms with van der Waals surface area (Å²) in [5, 5.41) is -0.201. The Balaban J connectivity index is 1.99. The molecule has 0 unspecified atom stereocenters. The zero-order valence-corrected chi connectivity index (χ0v) is 14.2. The summed E-state index contributed by atoms with van der Waals surface area (Å²) in [5.41, 5.74) is 4.38. The summed E-state index contributed by atoms with van der Waals surface area (Å²) in [6.07, 6.45) is 3.75. The van der Waals surface area contributed by atoms with E-state index in [1.807, 2.05) is 22.9 Å². The molecule has 4 nitrogen and oxygen atoms in total. The number of carbonyl (C=O) groups excluding carboxylic acids is 2. The van der Waals surface area contributed by atoms with Gasteiger partial charge in [0.15, 0.2) is 0 Å². The highest BCUT2D eigenvalue weighted by Crippen LogP contribution is 2.32. The van der Waals surface area contributed by atoms with Crippen molar-refractivity contribution in [2.75, 3.05) is 6.54 Å². The van der Waals surface area contributed by atoms with Crippen molar-refractivity contribution in [1.82, 2.24) is 9.47 Å². The molecule has 0 radical (unpaired) electrons. The first-order valence-electron chi connectivity index (χ1n) is 7.51. The van der Waals surface area contributed by atoms with Crippen molar-refractivity contribution in [3.05, 3.63) is 58.3 Å². The minimum absolute atomic E-state index is 0.201. The lowest BCUT2D eigenvalue weighted by Gasteiger charge is -2.10. The SMILES string of the molecule is CCN1C(=O)S/C(=C/c2cccn2-c2ccc(C)c(C)c2)C1=O. The fourth-order valence-electron chi connectivity index (χ4n) is 2.53. The molecule has 23 heavy (non-hydrogen) atoms. The van der Waals surface area contributed by atoms with Gasteiger partial charge in [-0.05, 0) is 74.0 Å². The monoisotopic (exact) mass is 326 g/mol. The van der Waals surface area contributed by atoms with Crippen LogP contribution >= 0.6 is 11.8 Å². The first-order chi connectivity index (χ1) is 11.0. The fraction of sp³-hybridized carbons (Fsp3) is 0.222. The largest absolute Gasteiger partial charge is 0.317 e. The van der Waals surface area contributed by atoms with E-state index in [0.29, 0.717) is 11.4 Å². The van der Waals surface area contributed by atoms with Crippen LogP contribution in [0.25, 0.3) is 11.8 Å². The first kappa shape index (κ1) is 15.6. The minimum Gasteiger partial charge on any atom is -0.317 e. The summed E-state index contributed by atoms with van der Waals surface area (Å²) < 4.78 is 2.02. The van der Waals surface area contributed by atoms with Gasteiger partial charge >= 0.3 is 0 Å². The highest BCUT2D eigenvalue weighted by Gasteiger charge is 2.33. The van der Waals surface area contributed by atoms with E-state index < -0.39 is 0 Å². The van der Waals surface area contributed by atoms with Crippen LogP contribution in [0.3, 0.4) is 0 Å². The van der Waals surface area contributed by atoms with E-state index in [-0.39, 0.29) is 11.1 Å². The van der Waals surface area contributed by atoms with Crippen LogP contribution in [0.4, 0.5) is 4.79 Å². The molecule has 0 bridgehead atoms. The summed E-state index contributed by atoms with van der Waals surface area (Å²) in [4.78, 5) is 25.8. The van der Waals surface area contributed by atoms with Crippen LogP contribution in [0, 0.1) is 13.8 Å². The van der Waals surface area contributed by atoms with Gasteiger partial charge in [-0.3, -0.25) is 14.5 Å². The molecule has 2 amide bonds. The Morgan fingerprint density at radius 1 is 1.13 bits per heavy atom. The van der Waals surface area contributed by atoms with E-state index in [0.717, 1.165) is 23.1 Å². The number of aryl methyl sites for hydroxylation is 2. The predicted molar refractivity (Wildman–Crippen MR) is 93.6 cm³/mol. The number of imide groups is 1. The van der Waals surface area contributed by atoms with E-state index in [1.54, 1.807) is 13.0 Å². The van der Waals surface area contributed by atoms with Crippen molar-refractivity contribution < 1.29 is 9.59 Å². The molecular weight excluding hydrogens is 308 g/mol. The Morgan fingerprint density at radius 2 is 1.91 bits per heavy atom. The topological polar surface area (TPSA) is 42.3 Å². The maximum atomic E-state index is 12.2. The predicted octanol–water partition coefficient (Wildman–Crippen LogP) is 4.15. The third kappa shape index (κ3) is 2.84. The summed E-state index contributed by atoms with van der Waals surface area (Å²) in [5.74, 6) is -0.213. The van der Waals surface area contributed by atoms with Crippen molar-refractivity contribution in [2.24, 2.45) is 0 Å². The molecule has 0 aliphatic carbocycles. The lowest BCUT2D eigenvalue weighted by atomic mass is 10.1. The minimum atomic E-state index is -0.213. The van der Waals surface area contributed by atoms with Gasteiger partial charge in [0.25, 0.3) is 11.1 Å². The van der Waals surface area contributed by atoms with Gasteiger partial charge in [0.1, 0.15) is 0 Å². The van der Waals surface area contributed by atoms with E-state index in [9.17, 15) is 9.59 Å². The van der Waals surface area contributed by atoms with Gasteiger partial charge in [0.05, 0.1) is 4.91 Å². The van der Waals surface area contributed by atoms with Gasteiger partial charge in [-0.25, -0.2) is 0 Å². The van der Waals surface area contributed by atoms with Gasteiger partial charge in [-0.2, -0.15) is 0 Å². The fourth-order valence-corrected chi connectivity index (χ4v) is 3.42. The number of rotatable bonds is 3. The Bertz CT molecular complexity index is 820. The number of amides is 2. The number of benzene rings is 1. The molecule has 1 aliphatic heterocycles. The first-order valence-corrected chi connectivity index (χ1v) is 8.33. The van der Waals surface area contributed by atoms with Crippen molar-refractivity contribution in [2.45, 2.75) is 20.8 Å². The molecule has 1 aliphatic rings. The van der Waals surface area contributed by atoms with Gasteiger partial charge in [-0.15, -0.1) is 0 Å². The van der Waals surface area contributed by atoms with Crippen LogP contribution < -0.4 is 0 Å². The number of nitrogens with zero attached hydrogens (tertiary/aromatic N) is 2. The van der Waals surface area contributed by atoms with E-state index >= 15 is 0 Å². The average Bonchev–Trinajstić information content (AvgIpc) is 3.08. The number of aromatic nitrogens is 1. The zero-order valence-electron chi connectivity index (χ0n) is 13.4. The van der Waals surface area contributed by atoms with E-state index in [1.165, 1.54) is 16.0 Å². The van der Waals surface area contributed by atoms with Gasteiger partial charge in [-0.1, -0.05) is 6.07 Å². The summed E-state index contributed by atoms with van der Waals surface area (Å²) in [6.45, 7) is 6.36. The molecule has 0 N–H and O–H groups in total. The van der Waals surface area contributed by atoms with Crippen LogP contribution in [0.5, 0.6) is 0 Å². The molecule has 2 aromatic rings. The van der Waals surface area contributed by atoms with Gasteiger partial charge in [0, 0.05) is 24.1 Å². The summed E-state index contributed by atoms with van der Waals surface area (Å²) in [7, 11) is 0. The Kier molecular flexibility index (Phi) is 4.13. The molecule has 0 spiro atoms. The normalized spacial score (nSPS) is 16.7. The maximum Gasteiger partial charge on any atom is 0.293 e. The second-order valence-electron chi connectivity index (χ2n) is 5.50. The van der Waals surface area contributed by atoms with Crippen LogP contribution in [-0.2, 0) is 4.79 Å². The number of likely N-dealkylation sites (N-methyl/N-ethyl adjacent to an activating group) is 1. The zero-order chi connectivity index (χ0) is 16.6. The molecule has 3 rings (SSSR count). The van der Waals surface area contributed by atoms with Crippen LogP contribution in [0.2, 0.25) is 0 Å². The molecule has 1 aromatic carbocycles. The average molecular weight is 326 g/mol. The van der Waals surface area contributed by atoms with E-state index in [2.05, 4.69) is 32.0 Å². The molecule has 0 saturated carbocycles. The summed E-state index contributed by atoms with van der Waals surface area (Å²) in [6, 6.07) is 10.1. The standard InChI is InChI=1S/C18H18N2O2S/c1-4-19-17(21)16(23-18(19)22)11-14-6-5-9-20(14)15-8-7-12(2)13(3)10-15/h5-11H,4H2,1-3H3/b16-11+. The summed E-state index contributed by atoms with van der Waals surface area (Å²) >= 11 is 0.999. The molecule has 0 atom stereocenters. The number of thioether (sulfide) groups is 1. The van der Waals surface area contributed by atoms with Crippen molar-refractivity contribution in [1.29, 1.82) is 0 Å². The molecule has 1 fully saturated rings. The molecule has 118 valence electrons. The molecule has 1 aromatic heterocycles. The highest BCUT2D eigenvalue weighted by atomic mass is 32.2. The third-order valence-electron chi connectivity index (χ3n) is 4.02. The Labute approximate surface area is 139 Å². The second-order valence-corrected chi connectivity index (χ2v) is 6.49. The molecule has 5 heteroatoms. The lowest BCUT2D eigenvalue weighted by molar-refractivity contribution is -0.122. The molecular formula is C18H18N2O2S. The smallest absolute Gasteiger partial charge is 0.293 e. The second kappa shape index (κ2) is 6.08. The van der Waals surface area contributed by atoms with Gasteiger partial charge < -0.3 is 4.57 Å². The van der Waals surface area contributed by atoms with Gasteiger partial charge in [0.2, 0.25) is 0 Å². The van der Waals surface area contributed by atoms with Crippen LogP contribution in [0.15, 0.2) is 41.4 Å². The van der Waals surface area contributed by atoms with E-state index in [4.69, 9.17) is 0 Å².